The fourth-order valence-corrected chi connectivity index (χ4v) is 3.91. The van der Waals surface area contributed by atoms with Crippen LogP contribution >= 0.6 is 23.1 Å². The quantitative estimate of drug-likeness (QED) is 0.469. The Balaban J connectivity index is 1.51. The molecular weight excluding hydrogens is 430 g/mol. The lowest BCUT2D eigenvalue weighted by Gasteiger charge is -2.13. The number of hydrogen-bond donors (Lipinski definition) is 2. The second-order valence-electron chi connectivity index (χ2n) is 6.89. The van der Waals surface area contributed by atoms with Crippen LogP contribution in [0.4, 0.5) is 19.9 Å². The van der Waals surface area contributed by atoms with Gasteiger partial charge < -0.3 is 15.5 Å². The molecule has 30 heavy (non-hydrogen) atoms. The number of thioether (sulfide) groups is 1. The van der Waals surface area contributed by atoms with Crippen molar-refractivity contribution in [2.45, 2.75) is 17.6 Å². The van der Waals surface area contributed by atoms with Gasteiger partial charge in [-0.15, -0.1) is 0 Å². The maximum Gasteiger partial charge on any atom is 0.289 e. The zero-order valence-corrected chi connectivity index (χ0v) is 18.4. The number of nitrogens with zero attached hydrogens (tertiary/aromatic N) is 4. The Bertz CT molecular complexity index is 996. The van der Waals surface area contributed by atoms with Crippen molar-refractivity contribution in [1.82, 2.24) is 19.9 Å². The van der Waals surface area contributed by atoms with Gasteiger partial charge in [0, 0.05) is 50.0 Å². The van der Waals surface area contributed by atoms with Crippen molar-refractivity contribution in [2.75, 3.05) is 37.8 Å². The minimum atomic E-state index is -2.49. The van der Waals surface area contributed by atoms with Crippen molar-refractivity contribution >= 4 is 50.3 Å². The van der Waals surface area contributed by atoms with Gasteiger partial charge in [-0.3, -0.25) is 4.79 Å². The third-order valence-electron chi connectivity index (χ3n) is 4.11. The third kappa shape index (κ3) is 5.99. The molecule has 1 aromatic carbocycles. The van der Waals surface area contributed by atoms with Gasteiger partial charge in [-0.25, -0.2) is 15.0 Å². The van der Waals surface area contributed by atoms with Gasteiger partial charge in [-0.05, 0) is 24.1 Å². The first kappa shape index (κ1) is 22.2. The van der Waals surface area contributed by atoms with E-state index in [4.69, 9.17) is 0 Å². The van der Waals surface area contributed by atoms with Gasteiger partial charge in [-0.1, -0.05) is 30.0 Å². The fraction of sp³-hybridized carbons (Fsp3) is 0.368. The van der Waals surface area contributed by atoms with E-state index in [-0.39, 0.29) is 11.8 Å². The van der Waals surface area contributed by atoms with Crippen molar-refractivity contribution < 1.29 is 13.6 Å². The first-order valence-electron chi connectivity index (χ1n) is 9.18. The molecule has 11 heteroatoms. The lowest BCUT2D eigenvalue weighted by Crippen LogP contribution is -2.21. The van der Waals surface area contributed by atoms with Crippen LogP contribution in [0.25, 0.3) is 10.2 Å². The summed E-state index contributed by atoms with van der Waals surface area (Å²) in [6.07, 6.45) is 2.76. The second-order valence-corrected chi connectivity index (χ2v) is 8.98. The first-order chi connectivity index (χ1) is 14.3. The molecule has 7 nitrogen and oxygen atoms in total. The van der Waals surface area contributed by atoms with Crippen LogP contribution in [-0.2, 0) is 0 Å². The minimum Gasteiger partial charge on any atom is -0.361 e. The monoisotopic (exact) mass is 452 g/mol. The van der Waals surface area contributed by atoms with Gasteiger partial charge in [0.25, 0.3) is 11.7 Å². The molecule has 0 aliphatic carbocycles. The molecular formula is C19H22F2N6OS2. The summed E-state index contributed by atoms with van der Waals surface area (Å²) in [5, 5.41) is 7.20. The summed E-state index contributed by atoms with van der Waals surface area (Å²) in [5.74, 6) is -1.89. The van der Waals surface area contributed by atoms with E-state index in [0.29, 0.717) is 41.3 Å². The highest BCUT2D eigenvalue weighted by Gasteiger charge is 2.12. The van der Waals surface area contributed by atoms with Crippen LogP contribution in [0.2, 0.25) is 0 Å². The summed E-state index contributed by atoms with van der Waals surface area (Å²) >= 11 is 1.92. The number of aromatic nitrogens is 3. The van der Waals surface area contributed by atoms with E-state index in [1.54, 1.807) is 25.1 Å². The number of benzene rings is 1. The Labute approximate surface area is 181 Å². The molecule has 2 N–H and O–H groups in total. The number of alkyl halides is 2. The predicted octanol–water partition coefficient (Wildman–Crippen LogP) is 4.26. The number of anilines is 2. The Morgan fingerprint density at radius 1 is 1.20 bits per heavy atom. The van der Waals surface area contributed by atoms with E-state index < -0.39 is 5.76 Å². The molecule has 0 saturated carbocycles. The molecule has 1 atom stereocenters. The fourth-order valence-electron chi connectivity index (χ4n) is 2.56. The Hall–Kier alpha value is -2.53. The lowest BCUT2D eigenvalue weighted by atomic mass is 10.2. The van der Waals surface area contributed by atoms with E-state index >= 15 is 0 Å². The first-order valence-corrected chi connectivity index (χ1v) is 10.9. The maximum absolute atomic E-state index is 12.3. The molecule has 160 valence electrons. The van der Waals surface area contributed by atoms with E-state index in [1.165, 1.54) is 23.7 Å². The molecule has 0 saturated heterocycles. The normalized spacial score (nSPS) is 12.2. The van der Waals surface area contributed by atoms with Crippen LogP contribution in [0, 0.1) is 5.92 Å². The highest BCUT2D eigenvalue weighted by atomic mass is 32.2. The molecule has 0 unspecified atom stereocenters. The maximum atomic E-state index is 12.3. The number of thiazole rings is 1. The van der Waals surface area contributed by atoms with Crippen LogP contribution in [-0.4, -0.2) is 58.7 Å². The minimum absolute atomic E-state index is 0.0393. The number of hydrogen-bond acceptors (Lipinski definition) is 8. The van der Waals surface area contributed by atoms with E-state index in [0.717, 1.165) is 15.3 Å². The lowest BCUT2D eigenvalue weighted by molar-refractivity contribution is 0.0828. The van der Waals surface area contributed by atoms with Gasteiger partial charge in [0.1, 0.15) is 0 Å². The van der Waals surface area contributed by atoms with Gasteiger partial charge in [0.15, 0.2) is 5.13 Å². The van der Waals surface area contributed by atoms with Crippen molar-refractivity contribution in [1.29, 1.82) is 0 Å². The SMILES string of the molecule is C[C@@H](CNc1ncc(SC(F)F)cn1)CNc1nc2ccc(C(=O)N(C)C)cc2s1. The van der Waals surface area contributed by atoms with Crippen molar-refractivity contribution in [2.24, 2.45) is 5.92 Å². The topological polar surface area (TPSA) is 83.0 Å². The van der Waals surface area contributed by atoms with Crippen molar-refractivity contribution in [3.8, 4) is 0 Å². The molecule has 0 spiro atoms. The molecule has 0 fully saturated rings. The molecule has 0 radical (unpaired) electrons. The van der Waals surface area contributed by atoms with E-state index in [9.17, 15) is 13.6 Å². The Morgan fingerprint density at radius 2 is 1.90 bits per heavy atom. The van der Waals surface area contributed by atoms with Crippen LogP contribution in [0.3, 0.4) is 0 Å². The number of halogens is 2. The standard InChI is InChI=1S/C19H22F2N6OS2/c1-11(7-22-18-23-9-13(10-24-18)29-17(20)21)8-25-19-26-14-5-4-12(6-15(14)30-19)16(28)27(2)3/h4-6,9-11,17H,7-8H2,1-3H3,(H,25,26)(H,22,23,24)/t11-/m0/s1. The second kappa shape index (κ2) is 9.98. The third-order valence-corrected chi connectivity index (χ3v) is 5.74. The summed E-state index contributed by atoms with van der Waals surface area (Å²) < 4.78 is 25.6. The molecule has 3 aromatic rings. The van der Waals surface area contributed by atoms with Gasteiger partial charge >= 0.3 is 0 Å². The number of carbonyl (C=O) groups is 1. The van der Waals surface area contributed by atoms with Crippen molar-refractivity contribution in [3.63, 3.8) is 0 Å². The average Bonchev–Trinajstić information content (AvgIpc) is 3.12. The molecule has 2 aromatic heterocycles. The largest absolute Gasteiger partial charge is 0.361 e. The molecule has 0 aliphatic heterocycles. The van der Waals surface area contributed by atoms with E-state index in [2.05, 4.69) is 32.5 Å². The van der Waals surface area contributed by atoms with Crippen LogP contribution in [0.1, 0.15) is 17.3 Å². The molecule has 0 aliphatic rings. The average molecular weight is 453 g/mol. The van der Waals surface area contributed by atoms with Gasteiger partial charge in [-0.2, -0.15) is 8.78 Å². The number of rotatable bonds is 9. The molecule has 3 rings (SSSR count). The smallest absolute Gasteiger partial charge is 0.289 e. The summed E-state index contributed by atoms with van der Waals surface area (Å²) in [7, 11) is 3.45. The summed E-state index contributed by atoms with van der Waals surface area (Å²) in [5.41, 5.74) is 1.48. The zero-order valence-electron chi connectivity index (χ0n) is 16.7. The zero-order chi connectivity index (χ0) is 21.7. The molecule has 0 bridgehead atoms. The number of amides is 1. The number of fused-ring (bicyclic) bond motifs is 1. The summed E-state index contributed by atoms with van der Waals surface area (Å²) in [4.78, 5) is 26.6. The predicted molar refractivity (Wildman–Crippen MR) is 118 cm³/mol. The Morgan fingerprint density at radius 3 is 2.57 bits per heavy atom. The highest BCUT2D eigenvalue weighted by Crippen LogP contribution is 2.27. The summed E-state index contributed by atoms with van der Waals surface area (Å²) in [6, 6.07) is 5.50. The van der Waals surface area contributed by atoms with Crippen LogP contribution in [0.5, 0.6) is 0 Å². The van der Waals surface area contributed by atoms with Crippen LogP contribution < -0.4 is 10.6 Å². The summed E-state index contributed by atoms with van der Waals surface area (Å²) in [6.45, 7) is 3.35. The van der Waals surface area contributed by atoms with Crippen LogP contribution in [0.15, 0.2) is 35.5 Å². The number of carbonyl (C=O) groups excluding carboxylic acids is 1. The van der Waals surface area contributed by atoms with Gasteiger partial charge in [0.05, 0.1) is 10.2 Å². The Kier molecular flexibility index (Phi) is 7.38. The number of nitrogens with one attached hydrogen (secondary N) is 2. The highest BCUT2D eigenvalue weighted by molar-refractivity contribution is 7.99. The van der Waals surface area contributed by atoms with Crippen molar-refractivity contribution in [3.05, 3.63) is 36.2 Å². The van der Waals surface area contributed by atoms with Gasteiger partial charge in [0.2, 0.25) is 5.95 Å². The molecule has 1 amide bonds. The van der Waals surface area contributed by atoms with E-state index in [1.807, 2.05) is 12.1 Å². The molecule has 2 heterocycles.